The van der Waals surface area contributed by atoms with Crippen LogP contribution in [0.4, 0.5) is 0 Å². The summed E-state index contributed by atoms with van der Waals surface area (Å²) in [5.74, 6) is -1.02. The number of fused-ring (bicyclic) bond motifs is 6. The fraction of sp³-hybridized carbons (Fsp3) is 0.261. The number of nitrogens with zero attached hydrogens (tertiary/aromatic N) is 2. The summed E-state index contributed by atoms with van der Waals surface area (Å²) in [7, 11) is 0. The molecule has 2 aromatic heterocycles. The topological polar surface area (TPSA) is 25.8 Å². The van der Waals surface area contributed by atoms with Crippen LogP contribution in [0.1, 0.15) is 79.1 Å². The number of benzene rings is 5. The largest absolute Gasteiger partial charge is 0.304 e. The van der Waals surface area contributed by atoms with Crippen LogP contribution in [0.2, 0.25) is 0 Å². The van der Waals surface area contributed by atoms with Gasteiger partial charge in [0, 0.05) is 42.1 Å². The molecule has 0 N–H and O–H groups in total. The summed E-state index contributed by atoms with van der Waals surface area (Å²) >= 11 is 0. The van der Waals surface area contributed by atoms with Crippen molar-refractivity contribution < 1.29 is 29.7 Å². The number of pyridine rings is 2. The summed E-state index contributed by atoms with van der Waals surface area (Å²) in [6.45, 7) is 4.35. The van der Waals surface area contributed by atoms with Gasteiger partial charge in [0.05, 0.1) is 0 Å². The van der Waals surface area contributed by atoms with Gasteiger partial charge in [0.15, 0.2) is 0 Å². The molecule has 0 bridgehead atoms. The SMILES string of the molecule is [2H]C([2H])([2H])c1ccc(-c2[c-]cccc2)nc1.[2H]C([2H])([2H])c1cnc(-c2[c-]cc3c4ccccc4c4ccccc4c3c2)cc1C1([2H])CC(C)(C)CC(C)(C)C1.[Ir]. The molecule has 0 aliphatic heterocycles. The Morgan fingerprint density at radius 1 is 0.653 bits per heavy atom. The van der Waals surface area contributed by atoms with Crippen molar-refractivity contribution in [2.75, 3.05) is 0 Å². The van der Waals surface area contributed by atoms with Gasteiger partial charge in [-0.25, -0.2) is 0 Å². The molecule has 249 valence electrons. The van der Waals surface area contributed by atoms with E-state index in [1.54, 1.807) is 18.2 Å². The predicted molar refractivity (Wildman–Crippen MR) is 203 cm³/mol. The molecule has 0 amide bonds. The molecular formula is C46H44IrN2-2. The predicted octanol–water partition coefficient (Wildman–Crippen LogP) is 12.5. The second-order valence-corrected chi connectivity index (χ2v) is 14.6. The van der Waals surface area contributed by atoms with Gasteiger partial charge in [-0.2, -0.15) is 0 Å². The molecule has 0 unspecified atom stereocenters. The third-order valence-corrected chi connectivity index (χ3v) is 9.33. The first-order chi connectivity index (χ1) is 25.8. The molecule has 0 spiro atoms. The van der Waals surface area contributed by atoms with E-state index in [0.717, 1.165) is 39.4 Å². The minimum absolute atomic E-state index is 0. The van der Waals surface area contributed by atoms with Crippen molar-refractivity contribution in [3.8, 4) is 22.5 Å². The second kappa shape index (κ2) is 14.0. The number of hydrogen-bond donors (Lipinski definition) is 0. The van der Waals surface area contributed by atoms with Crippen LogP contribution in [0.3, 0.4) is 0 Å². The van der Waals surface area contributed by atoms with Gasteiger partial charge in [0.25, 0.3) is 0 Å². The van der Waals surface area contributed by atoms with Crippen molar-refractivity contribution in [3.63, 3.8) is 0 Å². The van der Waals surface area contributed by atoms with E-state index < -0.39 is 19.6 Å². The molecule has 1 aliphatic rings. The van der Waals surface area contributed by atoms with Gasteiger partial charge >= 0.3 is 0 Å². The van der Waals surface area contributed by atoms with Gasteiger partial charge in [-0.1, -0.05) is 111 Å². The minimum Gasteiger partial charge on any atom is -0.304 e. The Labute approximate surface area is 315 Å². The third-order valence-electron chi connectivity index (χ3n) is 9.33. The maximum absolute atomic E-state index is 9.69. The molecule has 1 aliphatic carbocycles. The Balaban J connectivity index is 0.000000263. The second-order valence-electron chi connectivity index (χ2n) is 14.6. The van der Waals surface area contributed by atoms with Crippen molar-refractivity contribution in [2.24, 2.45) is 10.8 Å². The van der Waals surface area contributed by atoms with Crippen LogP contribution in [0.25, 0.3) is 54.8 Å². The normalized spacial score (nSPS) is 18.7. The Kier molecular flexibility index (Phi) is 7.61. The van der Waals surface area contributed by atoms with E-state index in [-0.39, 0.29) is 42.1 Å². The van der Waals surface area contributed by atoms with Gasteiger partial charge in [-0.3, -0.25) is 0 Å². The fourth-order valence-electron chi connectivity index (χ4n) is 7.82. The first-order valence-electron chi connectivity index (χ1n) is 20.0. The van der Waals surface area contributed by atoms with Crippen LogP contribution in [0, 0.1) is 36.7 Å². The fourth-order valence-corrected chi connectivity index (χ4v) is 7.82. The van der Waals surface area contributed by atoms with Crippen molar-refractivity contribution in [2.45, 2.75) is 66.6 Å². The molecule has 3 heteroatoms. The molecule has 49 heavy (non-hydrogen) atoms. The maximum Gasteiger partial charge on any atom is 0.0352 e. The van der Waals surface area contributed by atoms with Gasteiger partial charge in [-0.15, -0.1) is 59.7 Å². The standard InChI is InChI=1S/C34H34N.C12H10N.Ir/c1-22-20-35-32(17-30(22)24-18-33(2,3)21-34(4,5)19-24)23-14-15-29-27-12-7-6-10-25(27)26-11-8-9-13-28(26)31(29)16-23;1-10-7-8-12(13-9-10)11-5-3-2-4-6-11;/h6-13,15-17,20,24H,18-19,21H2,1-5H3;2-5,7-9H,1H3;/q2*-1;/i1D3,24D;1D3;. The van der Waals surface area contributed by atoms with Crippen molar-refractivity contribution >= 4 is 32.3 Å². The summed E-state index contributed by atoms with van der Waals surface area (Å²) < 4.78 is 56.2. The Hall–Kier alpha value is -4.17. The zero-order valence-electron chi connectivity index (χ0n) is 35.3. The molecule has 8 rings (SSSR count). The molecule has 0 saturated heterocycles. The average Bonchev–Trinajstić information content (AvgIpc) is 3.13. The third kappa shape index (κ3) is 7.40. The van der Waals surface area contributed by atoms with E-state index in [0.29, 0.717) is 24.1 Å². The molecule has 7 aromatic rings. The smallest absolute Gasteiger partial charge is 0.0352 e. The molecule has 1 radical (unpaired) electrons. The van der Waals surface area contributed by atoms with E-state index in [2.05, 4.69) is 104 Å². The van der Waals surface area contributed by atoms with Gasteiger partial charge in [0.1, 0.15) is 0 Å². The number of aromatic nitrogens is 2. The molecule has 2 heterocycles. The van der Waals surface area contributed by atoms with Crippen molar-refractivity contribution in [1.29, 1.82) is 0 Å². The first-order valence-corrected chi connectivity index (χ1v) is 16.5. The van der Waals surface area contributed by atoms with E-state index in [1.807, 2.05) is 30.3 Å². The molecule has 1 saturated carbocycles. The zero-order valence-corrected chi connectivity index (χ0v) is 30.7. The summed E-state index contributed by atoms with van der Waals surface area (Å²) in [5.41, 5.74) is 3.92. The monoisotopic (exact) mass is 824 g/mol. The molecule has 1 fully saturated rings. The Morgan fingerprint density at radius 2 is 1.29 bits per heavy atom. The minimum atomic E-state index is -2.34. The zero-order chi connectivity index (χ0) is 39.4. The quantitative estimate of drug-likeness (QED) is 0.131. The number of aryl methyl sites for hydroxylation is 2. The van der Waals surface area contributed by atoms with Crippen molar-refractivity contribution in [3.05, 3.63) is 144 Å². The summed E-state index contributed by atoms with van der Waals surface area (Å²) in [5, 5.41) is 6.98. The van der Waals surface area contributed by atoms with Gasteiger partial charge in [0.2, 0.25) is 0 Å². The summed E-state index contributed by atoms with van der Waals surface area (Å²) in [4.78, 5) is 8.77. The first kappa shape index (κ1) is 26.7. The maximum atomic E-state index is 9.69. The summed E-state index contributed by atoms with van der Waals surface area (Å²) in [6, 6.07) is 40.1. The molecule has 2 nitrogen and oxygen atoms in total. The van der Waals surface area contributed by atoms with Gasteiger partial charge < -0.3 is 9.97 Å². The van der Waals surface area contributed by atoms with Crippen LogP contribution >= 0.6 is 0 Å². The van der Waals surface area contributed by atoms with Crippen LogP contribution in [0.5, 0.6) is 0 Å². The van der Waals surface area contributed by atoms with Crippen LogP contribution < -0.4 is 0 Å². The molecule has 0 atom stereocenters. The number of hydrogen-bond acceptors (Lipinski definition) is 2. The van der Waals surface area contributed by atoms with E-state index >= 15 is 0 Å². The van der Waals surface area contributed by atoms with Gasteiger partial charge in [-0.05, 0) is 93.9 Å². The molecule has 5 aromatic carbocycles. The van der Waals surface area contributed by atoms with Crippen molar-refractivity contribution in [1.82, 2.24) is 9.97 Å². The Bertz CT molecular complexity index is 2460. The average molecular weight is 824 g/mol. The van der Waals surface area contributed by atoms with E-state index in [9.17, 15) is 1.37 Å². The van der Waals surface area contributed by atoms with Crippen LogP contribution in [-0.2, 0) is 20.1 Å². The van der Waals surface area contributed by atoms with Crippen LogP contribution in [-0.4, -0.2) is 9.97 Å². The Morgan fingerprint density at radius 3 is 1.88 bits per heavy atom. The molecular weight excluding hydrogens is 773 g/mol. The summed E-state index contributed by atoms with van der Waals surface area (Å²) in [6.07, 6.45) is 5.09. The number of rotatable bonds is 3. The van der Waals surface area contributed by atoms with E-state index in [1.165, 1.54) is 28.6 Å². The van der Waals surface area contributed by atoms with Crippen LogP contribution in [0.15, 0.2) is 116 Å². The van der Waals surface area contributed by atoms with E-state index in [4.69, 9.17) is 8.22 Å².